The van der Waals surface area contributed by atoms with Gasteiger partial charge < -0.3 is 14.5 Å². The Hall–Kier alpha value is -3.67. The molecule has 0 saturated carbocycles. The molecule has 4 aromatic rings. The smallest absolute Gasteiger partial charge is 0.251 e. The second-order valence-corrected chi connectivity index (χ2v) is 8.54. The van der Waals surface area contributed by atoms with Gasteiger partial charge in [-0.1, -0.05) is 71.8 Å². The second-order valence-electron chi connectivity index (χ2n) is 8.54. The summed E-state index contributed by atoms with van der Waals surface area (Å²) in [5, 5.41) is 11.8. The van der Waals surface area contributed by atoms with E-state index >= 15 is 0 Å². The first kappa shape index (κ1) is 22.5. The van der Waals surface area contributed by atoms with E-state index < -0.39 is 12.6 Å². The zero-order chi connectivity index (χ0) is 23.4. The lowest BCUT2D eigenvalue weighted by atomic mass is 10.0. The van der Waals surface area contributed by atoms with Crippen LogP contribution in [0.1, 0.15) is 28.3 Å². The van der Waals surface area contributed by atoms with Gasteiger partial charge in [0.2, 0.25) is 5.62 Å². The van der Waals surface area contributed by atoms with Gasteiger partial charge in [0, 0.05) is 6.54 Å². The summed E-state index contributed by atoms with van der Waals surface area (Å²) in [7, 11) is 0. The molecule has 0 radical (unpaired) electrons. The number of carbonyl (C=O) groups is 1. The van der Waals surface area contributed by atoms with Crippen molar-refractivity contribution < 1.29 is 9.18 Å². The van der Waals surface area contributed by atoms with E-state index in [9.17, 15) is 9.18 Å². The fraction of sp³-hybridized carbons (Fsp3) is 0.259. The summed E-state index contributed by atoms with van der Waals surface area (Å²) >= 11 is 0. The van der Waals surface area contributed by atoms with Gasteiger partial charge in [-0.3, -0.25) is 10.2 Å². The largest absolute Gasteiger partial charge is 0.352 e. The lowest BCUT2D eigenvalue weighted by Gasteiger charge is -2.20. The molecule has 33 heavy (non-hydrogen) atoms. The van der Waals surface area contributed by atoms with Crippen LogP contribution in [0.15, 0.2) is 72.8 Å². The van der Waals surface area contributed by atoms with Gasteiger partial charge in [0.15, 0.2) is 6.67 Å². The normalized spacial score (nSPS) is 12.1. The van der Waals surface area contributed by atoms with E-state index in [2.05, 4.69) is 60.8 Å². The summed E-state index contributed by atoms with van der Waals surface area (Å²) in [6.45, 7) is 3.86. The predicted molar refractivity (Wildman–Crippen MR) is 129 cm³/mol. The summed E-state index contributed by atoms with van der Waals surface area (Å²) in [5.41, 5.74) is 6.80. The number of aryl methyl sites for hydroxylation is 2. The Balaban J connectivity index is 1.78. The number of amides is 1. The molecule has 0 fully saturated rings. The highest BCUT2D eigenvalue weighted by Crippen LogP contribution is 2.21. The van der Waals surface area contributed by atoms with Crippen LogP contribution in [0.3, 0.4) is 0 Å². The third-order valence-corrected chi connectivity index (χ3v) is 5.99. The minimum Gasteiger partial charge on any atom is -0.352 e. The molecule has 2 N–H and O–H groups in total. The Labute approximate surface area is 193 Å². The van der Waals surface area contributed by atoms with Crippen LogP contribution in [-0.4, -0.2) is 28.3 Å². The molecule has 1 unspecified atom stereocenters. The second kappa shape index (κ2) is 9.86. The third kappa shape index (κ3) is 5.06. The van der Waals surface area contributed by atoms with E-state index in [4.69, 9.17) is 5.41 Å². The number of hydrogen-bond donors (Lipinski definition) is 2. The van der Waals surface area contributed by atoms with Crippen molar-refractivity contribution >= 4 is 16.9 Å². The number of alkyl halides is 1. The number of imidazole rings is 1. The van der Waals surface area contributed by atoms with Crippen LogP contribution in [0.5, 0.6) is 0 Å². The van der Waals surface area contributed by atoms with E-state index in [0.717, 1.165) is 22.2 Å². The Morgan fingerprint density at radius 2 is 1.48 bits per heavy atom. The van der Waals surface area contributed by atoms with Crippen molar-refractivity contribution in [3.05, 3.63) is 101 Å². The molecule has 1 atom stereocenters. The molecular formula is C27H29FN4O. The molecule has 6 heteroatoms. The standard InChI is InChI=1S/C27H29FN4O/c1-19-7-11-21(12-8-19)15-23(17-30-26(33)16-28)32-25-6-4-3-5-24(25)31(27(32)29)18-22-13-9-20(2)10-14-22/h3-14,23,29H,15-18H2,1-2H3,(H,30,33). The van der Waals surface area contributed by atoms with Crippen molar-refractivity contribution in [3.63, 3.8) is 0 Å². The Morgan fingerprint density at radius 1 is 0.909 bits per heavy atom. The first-order valence-corrected chi connectivity index (χ1v) is 11.1. The summed E-state index contributed by atoms with van der Waals surface area (Å²) < 4.78 is 16.8. The summed E-state index contributed by atoms with van der Waals surface area (Å²) in [5.74, 6) is -0.639. The number of hydrogen-bond acceptors (Lipinski definition) is 2. The lowest BCUT2D eigenvalue weighted by Crippen LogP contribution is -2.37. The van der Waals surface area contributed by atoms with Crippen LogP contribution in [0, 0.1) is 19.3 Å². The molecule has 5 nitrogen and oxygen atoms in total. The van der Waals surface area contributed by atoms with Crippen molar-refractivity contribution in [1.29, 1.82) is 5.41 Å². The summed E-state index contributed by atoms with van der Waals surface area (Å²) in [4.78, 5) is 11.7. The maximum absolute atomic E-state index is 12.9. The fourth-order valence-corrected chi connectivity index (χ4v) is 4.19. The Morgan fingerprint density at radius 3 is 2.09 bits per heavy atom. The van der Waals surface area contributed by atoms with Crippen molar-refractivity contribution in [2.75, 3.05) is 13.2 Å². The number of halogens is 1. The lowest BCUT2D eigenvalue weighted by molar-refractivity contribution is -0.122. The maximum atomic E-state index is 12.9. The van der Waals surface area contributed by atoms with Gasteiger partial charge >= 0.3 is 0 Å². The van der Waals surface area contributed by atoms with Crippen molar-refractivity contribution in [1.82, 2.24) is 14.5 Å². The molecular weight excluding hydrogens is 415 g/mol. The van der Waals surface area contributed by atoms with Crippen molar-refractivity contribution in [2.24, 2.45) is 0 Å². The molecule has 1 heterocycles. The molecule has 0 saturated heterocycles. The number of carbonyl (C=O) groups excluding carboxylic acids is 1. The highest BCUT2D eigenvalue weighted by molar-refractivity contribution is 5.77. The van der Waals surface area contributed by atoms with E-state index in [-0.39, 0.29) is 12.6 Å². The number of fused-ring (bicyclic) bond motifs is 1. The molecule has 0 aliphatic heterocycles. The monoisotopic (exact) mass is 444 g/mol. The first-order valence-electron chi connectivity index (χ1n) is 11.1. The van der Waals surface area contributed by atoms with Gasteiger partial charge in [-0.25, -0.2) is 4.39 Å². The zero-order valence-corrected chi connectivity index (χ0v) is 19.0. The third-order valence-electron chi connectivity index (χ3n) is 5.99. The van der Waals surface area contributed by atoms with Crippen LogP contribution in [0.2, 0.25) is 0 Å². The summed E-state index contributed by atoms with van der Waals surface area (Å²) in [6.07, 6.45) is 0.613. The highest BCUT2D eigenvalue weighted by atomic mass is 19.1. The van der Waals surface area contributed by atoms with Crippen LogP contribution in [0.4, 0.5) is 4.39 Å². The average Bonchev–Trinajstić information content (AvgIpc) is 3.10. The Bertz CT molecular complexity index is 1300. The van der Waals surface area contributed by atoms with Gasteiger partial charge in [-0.05, 0) is 43.5 Å². The summed E-state index contributed by atoms with van der Waals surface area (Å²) in [6, 6.07) is 24.3. The Kier molecular flexibility index (Phi) is 6.73. The number of para-hydroxylation sites is 2. The van der Waals surface area contributed by atoms with E-state index in [1.807, 2.05) is 40.3 Å². The topological polar surface area (TPSA) is 62.8 Å². The molecule has 0 aliphatic carbocycles. The van der Waals surface area contributed by atoms with Crippen LogP contribution < -0.4 is 10.9 Å². The molecule has 4 rings (SSSR count). The molecule has 1 aromatic heterocycles. The van der Waals surface area contributed by atoms with E-state index in [1.54, 1.807) is 0 Å². The number of benzene rings is 3. The van der Waals surface area contributed by atoms with Crippen molar-refractivity contribution in [2.45, 2.75) is 32.9 Å². The predicted octanol–water partition coefficient (Wildman–Crippen LogP) is 4.46. The van der Waals surface area contributed by atoms with E-state index in [1.165, 1.54) is 11.1 Å². The van der Waals surface area contributed by atoms with Gasteiger partial charge in [-0.15, -0.1) is 0 Å². The number of rotatable bonds is 8. The molecule has 0 spiro atoms. The molecule has 3 aromatic carbocycles. The fourth-order valence-electron chi connectivity index (χ4n) is 4.19. The first-order chi connectivity index (χ1) is 16.0. The SMILES string of the molecule is Cc1ccc(CC(CNC(=O)CF)n2c(=N)n(Cc3ccc(C)cc3)c3ccccc32)cc1. The molecule has 170 valence electrons. The van der Waals surface area contributed by atoms with Gasteiger partial charge in [0.25, 0.3) is 5.91 Å². The van der Waals surface area contributed by atoms with Gasteiger partial charge in [-0.2, -0.15) is 0 Å². The van der Waals surface area contributed by atoms with Crippen LogP contribution in [0.25, 0.3) is 11.0 Å². The number of aromatic nitrogens is 2. The highest BCUT2D eigenvalue weighted by Gasteiger charge is 2.20. The zero-order valence-electron chi connectivity index (χ0n) is 19.0. The quantitative estimate of drug-likeness (QED) is 0.414. The minimum atomic E-state index is -1.05. The van der Waals surface area contributed by atoms with Gasteiger partial charge in [0.1, 0.15) is 0 Å². The maximum Gasteiger partial charge on any atom is 0.251 e. The molecule has 0 bridgehead atoms. The van der Waals surface area contributed by atoms with Crippen molar-refractivity contribution in [3.8, 4) is 0 Å². The van der Waals surface area contributed by atoms with E-state index in [0.29, 0.717) is 18.6 Å². The average molecular weight is 445 g/mol. The van der Waals surface area contributed by atoms with Gasteiger partial charge in [0.05, 0.1) is 23.6 Å². The van der Waals surface area contributed by atoms with Crippen LogP contribution >= 0.6 is 0 Å². The molecule has 1 amide bonds. The van der Waals surface area contributed by atoms with Crippen LogP contribution in [-0.2, 0) is 17.8 Å². The minimum absolute atomic E-state index is 0.236. The number of nitrogens with zero attached hydrogens (tertiary/aromatic N) is 2. The number of nitrogens with one attached hydrogen (secondary N) is 2. The molecule has 0 aliphatic rings.